The van der Waals surface area contributed by atoms with Gasteiger partial charge in [-0.1, -0.05) is 18.2 Å². The molecule has 6 heteroatoms. The molecule has 0 aliphatic heterocycles. The minimum absolute atomic E-state index is 0.271. The number of nitrogens with zero attached hydrogens (tertiary/aromatic N) is 2. The van der Waals surface area contributed by atoms with Crippen LogP contribution in [0.3, 0.4) is 0 Å². The Balaban J connectivity index is 2.28. The van der Waals surface area contributed by atoms with Crippen LogP contribution in [0.1, 0.15) is 12.6 Å². The molecule has 128 valence electrons. The number of methoxy groups -OCH3 is 1. The summed E-state index contributed by atoms with van der Waals surface area (Å²) in [7, 11) is 1.59. The average Bonchev–Trinajstić information content (AvgIpc) is 2.87. The van der Waals surface area contributed by atoms with Gasteiger partial charge < -0.3 is 10.1 Å². The Labute approximate surface area is 145 Å². The monoisotopic (exact) mass is 337 g/mol. The molecule has 0 spiro atoms. The third kappa shape index (κ3) is 3.06. The van der Waals surface area contributed by atoms with E-state index < -0.39 is 0 Å². The largest absolute Gasteiger partial charge is 0.497 e. The van der Waals surface area contributed by atoms with Gasteiger partial charge in [0.05, 0.1) is 24.2 Å². The highest BCUT2D eigenvalue weighted by Crippen LogP contribution is 2.21. The van der Waals surface area contributed by atoms with Gasteiger partial charge in [-0.15, -0.1) is 0 Å². The number of carbonyl (C=O) groups excluding carboxylic acids is 1. The molecule has 0 radical (unpaired) electrons. The van der Waals surface area contributed by atoms with Crippen molar-refractivity contribution in [3.8, 4) is 17.1 Å². The van der Waals surface area contributed by atoms with Gasteiger partial charge in [-0.2, -0.15) is 0 Å². The van der Waals surface area contributed by atoms with Crippen LogP contribution in [0.25, 0.3) is 11.4 Å². The molecular weight excluding hydrogens is 318 g/mol. The van der Waals surface area contributed by atoms with Crippen LogP contribution >= 0.6 is 0 Å². The summed E-state index contributed by atoms with van der Waals surface area (Å²) < 4.78 is 8.50. The van der Waals surface area contributed by atoms with Gasteiger partial charge in [0.15, 0.2) is 0 Å². The molecule has 25 heavy (non-hydrogen) atoms. The Kier molecular flexibility index (Phi) is 4.43. The molecule has 0 unspecified atom stereocenters. The van der Waals surface area contributed by atoms with Crippen molar-refractivity contribution in [2.75, 3.05) is 12.4 Å². The molecule has 2 aromatic carbocycles. The van der Waals surface area contributed by atoms with Crippen molar-refractivity contribution in [3.05, 3.63) is 70.6 Å². The van der Waals surface area contributed by atoms with Crippen LogP contribution in [-0.2, 0) is 4.79 Å². The highest BCUT2D eigenvalue weighted by molar-refractivity contribution is 5.89. The van der Waals surface area contributed by atoms with E-state index in [1.54, 1.807) is 43.0 Å². The van der Waals surface area contributed by atoms with Crippen LogP contribution in [0.4, 0.5) is 5.69 Å². The second-order valence-electron chi connectivity index (χ2n) is 5.60. The number of rotatable bonds is 4. The Morgan fingerprint density at radius 3 is 2.12 bits per heavy atom. The van der Waals surface area contributed by atoms with E-state index in [2.05, 4.69) is 5.32 Å². The molecule has 1 amide bonds. The van der Waals surface area contributed by atoms with E-state index in [0.717, 1.165) is 5.69 Å². The summed E-state index contributed by atoms with van der Waals surface area (Å²) in [6, 6.07) is 16.7. The highest BCUT2D eigenvalue weighted by Gasteiger charge is 2.20. The van der Waals surface area contributed by atoms with E-state index in [-0.39, 0.29) is 17.2 Å². The van der Waals surface area contributed by atoms with E-state index in [1.807, 2.05) is 30.3 Å². The fraction of sp³-hybridized carbons (Fsp3) is 0.158. The van der Waals surface area contributed by atoms with Gasteiger partial charge >= 0.3 is 0 Å². The predicted octanol–water partition coefficient (Wildman–Crippen LogP) is 2.90. The standard InChI is InChI=1S/C19H19N3O3/c1-13-18(20-14(2)23)19(24)22(16-9-11-17(25-3)12-10-16)21(13)15-7-5-4-6-8-15/h4-12H,1-3H3,(H,20,23). The topological polar surface area (TPSA) is 65.3 Å². The first-order valence-electron chi connectivity index (χ1n) is 7.85. The molecule has 0 saturated heterocycles. The maximum Gasteiger partial charge on any atom is 0.295 e. The molecule has 0 bridgehead atoms. The van der Waals surface area contributed by atoms with Crippen molar-refractivity contribution in [1.82, 2.24) is 9.36 Å². The number of nitrogens with one attached hydrogen (secondary N) is 1. The third-order valence-electron chi connectivity index (χ3n) is 3.90. The van der Waals surface area contributed by atoms with E-state index in [0.29, 0.717) is 17.1 Å². The number of benzene rings is 2. The molecule has 1 N–H and O–H groups in total. The van der Waals surface area contributed by atoms with Gasteiger partial charge in [0.2, 0.25) is 5.91 Å². The van der Waals surface area contributed by atoms with E-state index >= 15 is 0 Å². The molecule has 0 atom stereocenters. The van der Waals surface area contributed by atoms with Gasteiger partial charge in [0.25, 0.3) is 5.56 Å². The third-order valence-corrected chi connectivity index (χ3v) is 3.90. The lowest BCUT2D eigenvalue weighted by Gasteiger charge is -2.14. The quantitative estimate of drug-likeness (QED) is 0.796. The number of aromatic nitrogens is 2. The van der Waals surface area contributed by atoms with E-state index in [1.165, 1.54) is 11.6 Å². The Hall–Kier alpha value is -3.28. The second kappa shape index (κ2) is 6.68. The fourth-order valence-corrected chi connectivity index (χ4v) is 2.76. The Bertz CT molecular complexity index is 954. The van der Waals surface area contributed by atoms with E-state index in [4.69, 9.17) is 4.74 Å². The van der Waals surface area contributed by atoms with Gasteiger partial charge in [-0.25, -0.2) is 9.36 Å². The summed E-state index contributed by atoms with van der Waals surface area (Å²) in [4.78, 5) is 24.5. The predicted molar refractivity (Wildman–Crippen MR) is 97.0 cm³/mol. The molecular formula is C19H19N3O3. The first kappa shape index (κ1) is 16.6. The highest BCUT2D eigenvalue weighted by atomic mass is 16.5. The minimum Gasteiger partial charge on any atom is -0.497 e. The number of hydrogen-bond donors (Lipinski definition) is 1. The van der Waals surface area contributed by atoms with Crippen molar-refractivity contribution in [2.24, 2.45) is 0 Å². The van der Waals surface area contributed by atoms with Gasteiger partial charge in [-0.05, 0) is 43.3 Å². The lowest BCUT2D eigenvalue weighted by Crippen LogP contribution is -2.22. The van der Waals surface area contributed by atoms with Crippen molar-refractivity contribution in [3.63, 3.8) is 0 Å². The zero-order valence-electron chi connectivity index (χ0n) is 14.3. The summed E-state index contributed by atoms with van der Waals surface area (Å²) in [6.07, 6.45) is 0. The second-order valence-corrected chi connectivity index (χ2v) is 5.60. The number of amides is 1. The first-order valence-corrected chi connectivity index (χ1v) is 7.85. The summed E-state index contributed by atoms with van der Waals surface area (Å²) in [5.41, 5.74) is 2.13. The minimum atomic E-state index is -0.290. The van der Waals surface area contributed by atoms with Gasteiger partial charge in [0.1, 0.15) is 11.4 Å². The molecule has 0 aliphatic carbocycles. The summed E-state index contributed by atoms with van der Waals surface area (Å²) in [5.74, 6) is 0.417. The molecule has 0 saturated carbocycles. The maximum atomic E-state index is 13.0. The lowest BCUT2D eigenvalue weighted by atomic mass is 10.3. The number of carbonyl (C=O) groups is 1. The van der Waals surface area contributed by atoms with Gasteiger partial charge in [0, 0.05) is 6.92 Å². The van der Waals surface area contributed by atoms with Crippen LogP contribution in [0.5, 0.6) is 5.75 Å². The first-order chi connectivity index (χ1) is 12.0. The smallest absolute Gasteiger partial charge is 0.295 e. The zero-order chi connectivity index (χ0) is 18.0. The molecule has 0 aliphatic rings. The van der Waals surface area contributed by atoms with Crippen molar-refractivity contribution < 1.29 is 9.53 Å². The average molecular weight is 337 g/mol. The van der Waals surface area contributed by atoms with Crippen LogP contribution in [-0.4, -0.2) is 22.4 Å². The van der Waals surface area contributed by atoms with Crippen molar-refractivity contribution in [2.45, 2.75) is 13.8 Å². The molecule has 3 rings (SSSR count). The van der Waals surface area contributed by atoms with Crippen molar-refractivity contribution in [1.29, 1.82) is 0 Å². The molecule has 6 nitrogen and oxygen atoms in total. The molecule has 3 aromatic rings. The zero-order valence-corrected chi connectivity index (χ0v) is 14.3. The number of para-hydroxylation sites is 1. The maximum absolute atomic E-state index is 13.0. The number of ether oxygens (including phenoxy) is 1. The van der Waals surface area contributed by atoms with Crippen LogP contribution in [0.2, 0.25) is 0 Å². The SMILES string of the molecule is COc1ccc(-n2c(=O)c(NC(C)=O)c(C)n2-c2ccccc2)cc1. The summed E-state index contributed by atoms with van der Waals surface area (Å²) >= 11 is 0. The van der Waals surface area contributed by atoms with Crippen LogP contribution < -0.4 is 15.6 Å². The Morgan fingerprint density at radius 2 is 1.56 bits per heavy atom. The summed E-state index contributed by atoms with van der Waals surface area (Å²) in [5, 5.41) is 2.65. The van der Waals surface area contributed by atoms with Crippen LogP contribution in [0.15, 0.2) is 59.4 Å². The molecule has 1 aromatic heterocycles. The van der Waals surface area contributed by atoms with Gasteiger partial charge in [-0.3, -0.25) is 9.59 Å². The number of anilines is 1. The van der Waals surface area contributed by atoms with Crippen LogP contribution in [0, 0.1) is 6.92 Å². The number of hydrogen-bond acceptors (Lipinski definition) is 3. The van der Waals surface area contributed by atoms with E-state index in [9.17, 15) is 9.59 Å². The molecule has 1 heterocycles. The Morgan fingerprint density at radius 1 is 0.960 bits per heavy atom. The summed E-state index contributed by atoms with van der Waals surface area (Å²) in [6.45, 7) is 3.19. The lowest BCUT2D eigenvalue weighted by molar-refractivity contribution is -0.114. The molecule has 0 fully saturated rings. The van der Waals surface area contributed by atoms with Crippen molar-refractivity contribution >= 4 is 11.6 Å². The normalized spacial score (nSPS) is 10.5. The fourth-order valence-electron chi connectivity index (χ4n) is 2.76.